The van der Waals surface area contributed by atoms with Gasteiger partial charge in [-0.2, -0.15) is 5.26 Å². The number of hydrogen-bond acceptors (Lipinski definition) is 5. The van der Waals surface area contributed by atoms with E-state index in [9.17, 15) is 14.7 Å². The van der Waals surface area contributed by atoms with Crippen molar-refractivity contribution < 1.29 is 19.1 Å². The molecule has 3 rings (SSSR count). The van der Waals surface area contributed by atoms with Crippen LogP contribution < -0.4 is 4.90 Å². The van der Waals surface area contributed by atoms with E-state index in [1.807, 2.05) is 6.07 Å². The molecule has 1 N–H and O–H groups in total. The molecule has 0 unspecified atom stereocenters. The number of para-hydroxylation sites is 1. The van der Waals surface area contributed by atoms with E-state index in [1.54, 1.807) is 37.3 Å². The van der Waals surface area contributed by atoms with Crippen LogP contribution in [0.15, 0.2) is 40.8 Å². The zero-order valence-electron chi connectivity index (χ0n) is 13.9. The van der Waals surface area contributed by atoms with Gasteiger partial charge < -0.3 is 14.4 Å². The minimum Gasteiger partial charge on any atom is -0.458 e. The van der Waals surface area contributed by atoms with Gasteiger partial charge in [-0.05, 0) is 31.5 Å². The van der Waals surface area contributed by atoms with Crippen molar-refractivity contribution >= 4 is 17.4 Å². The summed E-state index contributed by atoms with van der Waals surface area (Å²) in [4.78, 5) is 26.8. The Morgan fingerprint density at radius 2 is 2.08 bits per heavy atom. The molecule has 1 amide bonds. The Morgan fingerprint density at radius 1 is 1.32 bits per heavy atom. The molecule has 6 nitrogen and oxygen atoms in total. The lowest BCUT2D eigenvalue weighted by Crippen LogP contribution is -2.42. The maximum Gasteiger partial charge on any atom is 0.264 e. The summed E-state index contributed by atoms with van der Waals surface area (Å²) in [6, 6.07) is 12.1. The number of carbonyl (C=O) groups is 2. The summed E-state index contributed by atoms with van der Waals surface area (Å²) in [7, 11) is 0. The number of aryl methyl sites for hydroxylation is 1. The fourth-order valence-electron chi connectivity index (χ4n) is 3.12. The predicted molar refractivity (Wildman–Crippen MR) is 89.9 cm³/mol. The van der Waals surface area contributed by atoms with Crippen LogP contribution in [0.1, 0.15) is 41.1 Å². The summed E-state index contributed by atoms with van der Waals surface area (Å²) in [5, 5.41) is 19.8. The minimum absolute atomic E-state index is 0.124. The zero-order chi connectivity index (χ0) is 18.0. The van der Waals surface area contributed by atoms with Crippen molar-refractivity contribution in [2.24, 2.45) is 0 Å². The highest BCUT2D eigenvalue weighted by Crippen LogP contribution is 2.42. The second-order valence-corrected chi connectivity index (χ2v) is 6.11. The fraction of sp³-hybridized carbons (Fsp3) is 0.316. The third kappa shape index (κ3) is 2.94. The summed E-state index contributed by atoms with van der Waals surface area (Å²) in [5.41, 5.74) is -0.925. The minimum atomic E-state index is -1.92. The van der Waals surface area contributed by atoms with Crippen LogP contribution in [-0.4, -0.2) is 23.3 Å². The molecule has 2 aromatic rings. The van der Waals surface area contributed by atoms with Gasteiger partial charge in [-0.25, -0.2) is 0 Å². The van der Waals surface area contributed by atoms with Crippen LogP contribution in [0.2, 0.25) is 0 Å². The number of carbonyl (C=O) groups excluding carboxylic acids is 2. The standard InChI is InChI=1S/C19H18N2O4/c1-13-8-9-17(25-13)16(22)12-19(24)14-6-2-3-7-15(14)21(18(19)23)11-5-4-10-20/h2-3,6-9,24H,4-5,11-12H2,1H3/t19-/m1/s1. The Bertz CT molecular complexity index is 864. The first kappa shape index (κ1) is 16.9. The highest BCUT2D eigenvalue weighted by Gasteiger charge is 2.50. The van der Waals surface area contributed by atoms with Gasteiger partial charge in [-0.15, -0.1) is 0 Å². The monoisotopic (exact) mass is 338 g/mol. The average Bonchev–Trinajstić information content (AvgIpc) is 3.12. The zero-order valence-corrected chi connectivity index (χ0v) is 13.9. The van der Waals surface area contributed by atoms with E-state index in [2.05, 4.69) is 0 Å². The second-order valence-electron chi connectivity index (χ2n) is 6.11. The van der Waals surface area contributed by atoms with Gasteiger partial charge in [0.05, 0.1) is 18.2 Å². The van der Waals surface area contributed by atoms with Crippen molar-refractivity contribution in [1.82, 2.24) is 0 Å². The number of Topliss-reactive ketones (excluding diaryl/α,β-unsaturated/α-hetero) is 1. The van der Waals surface area contributed by atoms with E-state index in [0.29, 0.717) is 36.4 Å². The summed E-state index contributed by atoms with van der Waals surface area (Å²) < 4.78 is 5.31. The number of nitrogens with zero attached hydrogens (tertiary/aromatic N) is 2. The number of amides is 1. The van der Waals surface area contributed by atoms with Gasteiger partial charge in [0.15, 0.2) is 11.4 Å². The van der Waals surface area contributed by atoms with Gasteiger partial charge in [-0.3, -0.25) is 9.59 Å². The summed E-state index contributed by atoms with van der Waals surface area (Å²) >= 11 is 0. The van der Waals surface area contributed by atoms with E-state index in [4.69, 9.17) is 9.68 Å². The van der Waals surface area contributed by atoms with E-state index >= 15 is 0 Å². The Morgan fingerprint density at radius 3 is 2.76 bits per heavy atom. The molecule has 1 aromatic heterocycles. The SMILES string of the molecule is Cc1ccc(C(=O)C[C@]2(O)C(=O)N(CCCC#N)c3ccccc32)o1. The quantitative estimate of drug-likeness (QED) is 0.645. The molecule has 128 valence electrons. The highest BCUT2D eigenvalue weighted by molar-refractivity contribution is 6.10. The van der Waals surface area contributed by atoms with Crippen LogP contribution in [-0.2, 0) is 10.4 Å². The van der Waals surface area contributed by atoms with Gasteiger partial charge in [0.1, 0.15) is 5.76 Å². The molecular formula is C19H18N2O4. The number of nitriles is 1. The normalized spacial score (nSPS) is 18.9. The number of furan rings is 1. The molecule has 25 heavy (non-hydrogen) atoms. The lowest BCUT2D eigenvalue weighted by Gasteiger charge is -2.22. The van der Waals surface area contributed by atoms with E-state index in [1.165, 1.54) is 11.0 Å². The van der Waals surface area contributed by atoms with Crippen molar-refractivity contribution in [2.45, 2.75) is 31.8 Å². The first-order chi connectivity index (χ1) is 12.0. The van der Waals surface area contributed by atoms with Crippen LogP contribution in [0.5, 0.6) is 0 Å². The van der Waals surface area contributed by atoms with E-state index in [-0.39, 0.29) is 12.2 Å². The molecule has 2 heterocycles. The van der Waals surface area contributed by atoms with Crippen molar-refractivity contribution in [3.05, 3.63) is 53.5 Å². The molecule has 1 atom stereocenters. The topological polar surface area (TPSA) is 94.5 Å². The van der Waals surface area contributed by atoms with Gasteiger partial charge in [0.25, 0.3) is 5.91 Å². The molecular weight excluding hydrogens is 320 g/mol. The maximum atomic E-state index is 12.9. The molecule has 0 saturated carbocycles. The Labute approximate surface area is 145 Å². The van der Waals surface area contributed by atoms with E-state index in [0.717, 1.165) is 0 Å². The molecule has 1 aliphatic heterocycles. The van der Waals surface area contributed by atoms with Gasteiger partial charge in [0.2, 0.25) is 5.78 Å². The number of benzene rings is 1. The van der Waals surface area contributed by atoms with Crippen molar-refractivity contribution in [3.8, 4) is 6.07 Å². The Balaban J connectivity index is 1.91. The second kappa shape index (κ2) is 6.54. The lowest BCUT2D eigenvalue weighted by molar-refractivity contribution is -0.135. The number of aliphatic hydroxyl groups is 1. The third-order valence-electron chi connectivity index (χ3n) is 4.34. The number of ketones is 1. The number of unbranched alkanes of at least 4 members (excludes halogenated alkanes) is 1. The van der Waals surface area contributed by atoms with Crippen LogP contribution in [0.25, 0.3) is 0 Å². The molecule has 0 bridgehead atoms. The van der Waals surface area contributed by atoms with Crippen LogP contribution in [0, 0.1) is 18.3 Å². The van der Waals surface area contributed by atoms with Crippen LogP contribution >= 0.6 is 0 Å². The van der Waals surface area contributed by atoms with Gasteiger partial charge >= 0.3 is 0 Å². The van der Waals surface area contributed by atoms with Gasteiger partial charge in [0, 0.05) is 18.5 Å². The lowest BCUT2D eigenvalue weighted by atomic mass is 9.89. The van der Waals surface area contributed by atoms with Crippen LogP contribution in [0.4, 0.5) is 5.69 Å². The summed E-state index contributed by atoms with van der Waals surface area (Å²) in [6.45, 7) is 2.04. The maximum absolute atomic E-state index is 12.9. The van der Waals surface area contributed by atoms with Gasteiger partial charge in [-0.1, -0.05) is 18.2 Å². The number of fused-ring (bicyclic) bond motifs is 1. The average molecular weight is 338 g/mol. The highest BCUT2D eigenvalue weighted by atomic mass is 16.3. The largest absolute Gasteiger partial charge is 0.458 e. The number of hydrogen-bond donors (Lipinski definition) is 1. The Kier molecular flexibility index (Phi) is 4.43. The van der Waals surface area contributed by atoms with Crippen molar-refractivity contribution in [3.63, 3.8) is 0 Å². The fourth-order valence-corrected chi connectivity index (χ4v) is 3.12. The third-order valence-corrected chi connectivity index (χ3v) is 4.34. The summed E-state index contributed by atoms with van der Waals surface area (Å²) in [6.07, 6.45) is 0.428. The first-order valence-corrected chi connectivity index (χ1v) is 8.08. The molecule has 6 heteroatoms. The van der Waals surface area contributed by atoms with Crippen molar-refractivity contribution in [1.29, 1.82) is 5.26 Å². The Hall–Kier alpha value is -2.91. The molecule has 1 aliphatic rings. The molecule has 0 saturated heterocycles. The first-order valence-electron chi connectivity index (χ1n) is 8.08. The van der Waals surface area contributed by atoms with Crippen LogP contribution in [0.3, 0.4) is 0 Å². The molecule has 0 radical (unpaired) electrons. The number of anilines is 1. The molecule has 0 aliphatic carbocycles. The van der Waals surface area contributed by atoms with E-state index < -0.39 is 17.3 Å². The smallest absolute Gasteiger partial charge is 0.264 e. The molecule has 1 aromatic carbocycles. The molecule has 0 spiro atoms. The summed E-state index contributed by atoms with van der Waals surface area (Å²) in [5.74, 6) is -0.258. The van der Waals surface area contributed by atoms with Crippen molar-refractivity contribution in [2.75, 3.05) is 11.4 Å². The molecule has 0 fully saturated rings. The number of rotatable bonds is 6. The predicted octanol–water partition coefficient (Wildman–Crippen LogP) is 2.70.